The highest BCUT2D eigenvalue weighted by atomic mass is 35.5. The molecular weight excluding hydrogens is 189 g/mol. The summed E-state index contributed by atoms with van der Waals surface area (Å²) in [7, 11) is 0. The summed E-state index contributed by atoms with van der Waals surface area (Å²) in [6.45, 7) is 1.88. The summed E-state index contributed by atoms with van der Waals surface area (Å²) in [6.07, 6.45) is 0. The van der Waals surface area contributed by atoms with E-state index >= 15 is 0 Å². The van der Waals surface area contributed by atoms with Crippen LogP contribution < -0.4 is 0 Å². The van der Waals surface area contributed by atoms with Crippen molar-refractivity contribution in [2.45, 2.75) is 6.92 Å². The molecule has 0 radical (unpaired) electrons. The Morgan fingerprint density at radius 1 is 1.23 bits per heavy atom. The molecular formula is C10H7ClFN. The van der Waals surface area contributed by atoms with Gasteiger partial charge in [-0.25, -0.2) is 9.37 Å². The van der Waals surface area contributed by atoms with Crippen molar-refractivity contribution >= 4 is 22.5 Å². The van der Waals surface area contributed by atoms with Crippen LogP contribution in [0.5, 0.6) is 0 Å². The normalized spacial score (nSPS) is 10.7. The second-order valence-corrected chi connectivity index (χ2v) is 3.28. The van der Waals surface area contributed by atoms with Crippen LogP contribution in [-0.4, -0.2) is 4.98 Å². The average molecular weight is 196 g/mol. The number of aromatic nitrogens is 1. The van der Waals surface area contributed by atoms with Gasteiger partial charge in [0.05, 0.1) is 5.52 Å². The van der Waals surface area contributed by atoms with Gasteiger partial charge < -0.3 is 0 Å². The van der Waals surface area contributed by atoms with Gasteiger partial charge >= 0.3 is 0 Å². The number of pyridine rings is 1. The van der Waals surface area contributed by atoms with Crippen LogP contribution >= 0.6 is 11.6 Å². The topological polar surface area (TPSA) is 12.9 Å². The summed E-state index contributed by atoms with van der Waals surface area (Å²) in [5.41, 5.74) is 1.56. The minimum absolute atomic E-state index is 0.259. The van der Waals surface area contributed by atoms with E-state index < -0.39 is 0 Å². The second kappa shape index (κ2) is 2.96. The number of fused-ring (bicyclic) bond motifs is 1. The molecule has 66 valence electrons. The number of rotatable bonds is 0. The lowest BCUT2D eigenvalue weighted by Crippen LogP contribution is -1.87. The van der Waals surface area contributed by atoms with Gasteiger partial charge in [-0.05, 0) is 30.7 Å². The Hall–Kier alpha value is -1.15. The van der Waals surface area contributed by atoms with Crippen LogP contribution in [0.2, 0.25) is 5.15 Å². The van der Waals surface area contributed by atoms with Crippen molar-refractivity contribution in [2.75, 3.05) is 0 Å². The number of aryl methyl sites for hydroxylation is 1. The molecule has 0 fully saturated rings. The molecule has 0 bridgehead atoms. The molecule has 1 heterocycles. The highest BCUT2D eigenvalue weighted by Crippen LogP contribution is 2.21. The quantitative estimate of drug-likeness (QED) is 0.588. The molecule has 1 aromatic heterocycles. The molecule has 0 amide bonds. The molecule has 0 aliphatic carbocycles. The van der Waals surface area contributed by atoms with Crippen molar-refractivity contribution in [3.63, 3.8) is 0 Å². The van der Waals surface area contributed by atoms with E-state index in [2.05, 4.69) is 4.98 Å². The first-order valence-electron chi connectivity index (χ1n) is 3.90. The number of hydrogen-bond donors (Lipinski definition) is 0. The molecule has 0 aliphatic heterocycles. The van der Waals surface area contributed by atoms with Gasteiger partial charge in [0.2, 0.25) is 0 Å². The molecule has 2 aromatic rings. The zero-order chi connectivity index (χ0) is 9.42. The van der Waals surface area contributed by atoms with Gasteiger partial charge in [-0.3, -0.25) is 0 Å². The third kappa shape index (κ3) is 1.38. The maximum absolute atomic E-state index is 13.2. The highest BCUT2D eigenvalue weighted by Gasteiger charge is 2.04. The van der Waals surface area contributed by atoms with Crippen molar-refractivity contribution < 1.29 is 4.39 Å². The van der Waals surface area contributed by atoms with Crippen LogP contribution in [0.15, 0.2) is 24.3 Å². The van der Waals surface area contributed by atoms with Crippen LogP contribution in [0.1, 0.15) is 5.56 Å². The molecule has 3 heteroatoms. The lowest BCUT2D eigenvalue weighted by atomic mass is 10.1. The van der Waals surface area contributed by atoms with Gasteiger partial charge in [0.25, 0.3) is 0 Å². The first-order valence-corrected chi connectivity index (χ1v) is 4.27. The standard InChI is InChI=1S/C10H7ClFN/c1-6-2-4-8(12)7-3-5-9(11)13-10(6)7/h2-5H,1H3. The number of halogens is 2. The molecule has 0 saturated carbocycles. The summed E-state index contributed by atoms with van der Waals surface area (Å²) < 4.78 is 13.2. The third-order valence-electron chi connectivity index (χ3n) is 1.97. The Kier molecular flexibility index (Phi) is 1.93. The Morgan fingerprint density at radius 2 is 2.00 bits per heavy atom. The Labute approximate surface area is 80.2 Å². The molecule has 0 atom stereocenters. The van der Waals surface area contributed by atoms with Crippen LogP contribution in [0.3, 0.4) is 0 Å². The van der Waals surface area contributed by atoms with Crippen LogP contribution in [0.25, 0.3) is 10.9 Å². The lowest BCUT2D eigenvalue weighted by molar-refractivity contribution is 0.639. The molecule has 0 N–H and O–H groups in total. The first-order chi connectivity index (χ1) is 6.18. The van der Waals surface area contributed by atoms with E-state index in [1.54, 1.807) is 18.2 Å². The number of benzene rings is 1. The molecule has 1 aromatic carbocycles. The fourth-order valence-corrected chi connectivity index (χ4v) is 1.44. The predicted octanol–water partition coefficient (Wildman–Crippen LogP) is 3.34. The van der Waals surface area contributed by atoms with Gasteiger partial charge in [0.1, 0.15) is 11.0 Å². The van der Waals surface area contributed by atoms with Crippen molar-refractivity contribution in [1.29, 1.82) is 0 Å². The minimum Gasteiger partial charge on any atom is -0.236 e. The van der Waals surface area contributed by atoms with Gasteiger partial charge in [-0.1, -0.05) is 17.7 Å². The van der Waals surface area contributed by atoms with Gasteiger partial charge in [0, 0.05) is 5.39 Å². The minimum atomic E-state index is -0.259. The molecule has 0 aliphatic rings. The van der Waals surface area contributed by atoms with E-state index in [0.717, 1.165) is 5.56 Å². The largest absolute Gasteiger partial charge is 0.236 e. The van der Waals surface area contributed by atoms with E-state index in [1.165, 1.54) is 6.07 Å². The van der Waals surface area contributed by atoms with Gasteiger partial charge in [-0.2, -0.15) is 0 Å². The maximum Gasteiger partial charge on any atom is 0.132 e. The van der Waals surface area contributed by atoms with Crippen molar-refractivity contribution in [3.8, 4) is 0 Å². The van der Waals surface area contributed by atoms with Gasteiger partial charge in [-0.15, -0.1) is 0 Å². The Bertz CT molecular complexity index is 468. The average Bonchev–Trinajstić information content (AvgIpc) is 2.12. The summed E-state index contributed by atoms with van der Waals surface area (Å²) in [5, 5.41) is 0.908. The molecule has 0 saturated heterocycles. The van der Waals surface area contributed by atoms with Crippen molar-refractivity contribution in [1.82, 2.24) is 4.98 Å². The Balaban J connectivity index is 2.92. The van der Waals surface area contributed by atoms with Crippen LogP contribution in [0.4, 0.5) is 4.39 Å². The van der Waals surface area contributed by atoms with Crippen molar-refractivity contribution in [3.05, 3.63) is 40.8 Å². The third-order valence-corrected chi connectivity index (χ3v) is 2.18. The second-order valence-electron chi connectivity index (χ2n) is 2.89. The Morgan fingerprint density at radius 3 is 2.77 bits per heavy atom. The molecule has 2 rings (SSSR count). The van der Waals surface area contributed by atoms with Crippen molar-refractivity contribution in [2.24, 2.45) is 0 Å². The molecule has 1 nitrogen and oxygen atoms in total. The van der Waals surface area contributed by atoms with E-state index in [0.29, 0.717) is 16.1 Å². The maximum atomic E-state index is 13.2. The summed E-state index contributed by atoms with van der Waals surface area (Å²) in [6, 6.07) is 6.37. The fourth-order valence-electron chi connectivity index (χ4n) is 1.30. The summed E-state index contributed by atoms with van der Waals surface area (Å²) >= 11 is 5.71. The monoisotopic (exact) mass is 195 g/mol. The van der Waals surface area contributed by atoms with E-state index in [4.69, 9.17) is 11.6 Å². The first kappa shape index (κ1) is 8.45. The number of hydrogen-bond acceptors (Lipinski definition) is 1. The number of nitrogens with zero attached hydrogens (tertiary/aromatic N) is 1. The van der Waals surface area contributed by atoms with Crippen LogP contribution in [0, 0.1) is 12.7 Å². The molecule has 0 spiro atoms. The van der Waals surface area contributed by atoms with Gasteiger partial charge in [0.15, 0.2) is 0 Å². The lowest BCUT2D eigenvalue weighted by Gasteiger charge is -2.01. The van der Waals surface area contributed by atoms with E-state index in [-0.39, 0.29) is 5.82 Å². The zero-order valence-corrected chi connectivity index (χ0v) is 7.77. The summed E-state index contributed by atoms with van der Waals surface area (Å²) in [5.74, 6) is -0.259. The van der Waals surface area contributed by atoms with E-state index in [1.807, 2.05) is 6.92 Å². The van der Waals surface area contributed by atoms with E-state index in [9.17, 15) is 4.39 Å². The summed E-state index contributed by atoms with van der Waals surface area (Å²) in [4.78, 5) is 4.06. The molecule has 13 heavy (non-hydrogen) atoms. The fraction of sp³-hybridized carbons (Fsp3) is 0.100. The molecule has 0 unspecified atom stereocenters. The smallest absolute Gasteiger partial charge is 0.132 e. The highest BCUT2D eigenvalue weighted by molar-refractivity contribution is 6.29. The predicted molar refractivity (Wildman–Crippen MR) is 51.4 cm³/mol. The SMILES string of the molecule is Cc1ccc(F)c2ccc(Cl)nc12. The van der Waals surface area contributed by atoms with Crippen LogP contribution in [-0.2, 0) is 0 Å². The zero-order valence-electron chi connectivity index (χ0n) is 7.01.